The zero-order chi connectivity index (χ0) is 11.4. The molecule has 1 N–H and O–H groups in total. The summed E-state index contributed by atoms with van der Waals surface area (Å²) in [4.78, 5) is 1.20. The van der Waals surface area contributed by atoms with Crippen LogP contribution < -0.4 is 5.32 Å². The average Bonchev–Trinajstić information content (AvgIpc) is 2.32. The van der Waals surface area contributed by atoms with Crippen LogP contribution in [0.25, 0.3) is 0 Å². The molecule has 1 aromatic carbocycles. The summed E-state index contributed by atoms with van der Waals surface area (Å²) < 4.78 is 0. The zero-order valence-corrected chi connectivity index (χ0v) is 11.3. The van der Waals surface area contributed by atoms with Crippen molar-refractivity contribution in [1.29, 1.82) is 0 Å². The largest absolute Gasteiger partial charge is 0.313 e. The van der Waals surface area contributed by atoms with Gasteiger partial charge in [-0.05, 0) is 37.6 Å². The number of piperidine rings is 1. The first-order valence-electron chi connectivity index (χ1n) is 5.57. The average molecular weight is 276 g/mol. The van der Waals surface area contributed by atoms with E-state index in [9.17, 15) is 0 Å². The van der Waals surface area contributed by atoms with Crippen molar-refractivity contribution in [3.63, 3.8) is 0 Å². The molecule has 1 aromatic rings. The number of thioether (sulfide) groups is 1. The van der Waals surface area contributed by atoms with Crippen LogP contribution in [0.4, 0.5) is 0 Å². The summed E-state index contributed by atoms with van der Waals surface area (Å²) >= 11 is 13.7. The van der Waals surface area contributed by atoms with E-state index in [1.54, 1.807) is 0 Å². The van der Waals surface area contributed by atoms with Crippen molar-refractivity contribution in [3.05, 3.63) is 28.2 Å². The van der Waals surface area contributed by atoms with Crippen LogP contribution in [0.2, 0.25) is 10.0 Å². The molecule has 88 valence electrons. The summed E-state index contributed by atoms with van der Waals surface area (Å²) in [5.41, 5.74) is 0. The van der Waals surface area contributed by atoms with Gasteiger partial charge in [0.05, 0.1) is 10.0 Å². The third-order valence-corrected chi connectivity index (χ3v) is 4.65. The van der Waals surface area contributed by atoms with Gasteiger partial charge in [0, 0.05) is 16.7 Å². The van der Waals surface area contributed by atoms with E-state index in [-0.39, 0.29) is 0 Å². The van der Waals surface area contributed by atoms with E-state index < -0.39 is 0 Å². The first-order chi connectivity index (χ1) is 7.75. The van der Waals surface area contributed by atoms with Crippen molar-refractivity contribution in [2.75, 3.05) is 12.3 Å². The number of halogens is 2. The number of hydrogen-bond donors (Lipinski definition) is 1. The monoisotopic (exact) mass is 275 g/mol. The minimum Gasteiger partial charge on any atom is -0.313 e. The summed E-state index contributed by atoms with van der Waals surface area (Å²) in [7, 11) is 0. The molecule has 1 aliphatic heterocycles. The Morgan fingerprint density at radius 2 is 2.12 bits per heavy atom. The lowest BCUT2D eigenvalue weighted by molar-refractivity contribution is 0.430. The molecule has 0 saturated carbocycles. The van der Waals surface area contributed by atoms with Gasteiger partial charge in [0.2, 0.25) is 0 Å². The number of benzene rings is 1. The van der Waals surface area contributed by atoms with E-state index in [4.69, 9.17) is 23.2 Å². The number of hydrogen-bond acceptors (Lipinski definition) is 2. The molecule has 0 spiro atoms. The zero-order valence-electron chi connectivity index (χ0n) is 9.01. The third-order valence-electron chi connectivity index (χ3n) is 2.75. The molecule has 0 radical (unpaired) electrons. The first-order valence-corrected chi connectivity index (χ1v) is 7.31. The van der Waals surface area contributed by atoms with Crippen LogP contribution in [0.5, 0.6) is 0 Å². The van der Waals surface area contributed by atoms with Crippen LogP contribution >= 0.6 is 35.0 Å². The molecular weight excluding hydrogens is 261 g/mol. The van der Waals surface area contributed by atoms with Gasteiger partial charge in [0.15, 0.2) is 0 Å². The van der Waals surface area contributed by atoms with Crippen molar-refractivity contribution >= 4 is 35.0 Å². The molecule has 1 saturated heterocycles. The molecule has 1 nitrogen and oxygen atoms in total. The van der Waals surface area contributed by atoms with E-state index in [0.29, 0.717) is 16.1 Å². The maximum Gasteiger partial charge on any atom is 0.0603 e. The van der Waals surface area contributed by atoms with Crippen molar-refractivity contribution < 1.29 is 0 Å². The molecule has 16 heavy (non-hydrogen) atoms. The molecule has 0 aliphatic carbocycles. The lowest BCUT2D eigenvalue weighted by atomic mass is 10.1. The summed E-state index contributed by atoms with van der Waals surface area (Å²) in [6, 6.07) is 6.48. The molecule has 1 aliphatic rings. The highest BCUT2D eigenvalue weighted by atomic mass is 35.5. The molecule has 1 fully saturated rings. The van der Waals surface area contributed by atoms with Gasteiger partial charge >= 0.3 is 0 Å². The summed E-state index contributed by atoms with van der Waals surface area (Å²) in [5, 5.41) is 4.80. The third kappa shape index (κ3) is 3.56. The summed E-state index contributed by atoms with van der Waals surface area (Å²) in [6.45, 7) is 1.16. The Hall–Kier alpha value is 0.110. The summed E-state index contributed by atoms with van der Waals surface area (Å²) in [5.74, 6) is 1.11. The highest BCUT2D eigenvalue weighted by Crippen LogP contribution is 2.28. The van der Waals surface area contributed by atoms with Crippen molar-refractivity contribution in [1.82, 2.24) is 5.32 Å². The Kier molecular flexibility index (Phi) is 4.83. The maximum absolute atomic E-state index is 5.97. The van der Waals surface area contributed by atoms with E-state index in [0.717, 1.165) is 12.3 Å². The Balaban J connectivity index is 1.86. The quantitative estimate of drug-likeness (QED) is 0.829. The standard InChI is InChI=1S/C12H15Cl2NS/c13-11-5-4-10(7-12(11)14)16-8-9-3-1-2-6-15-9/h4-5,7,9,15H,1-3,6,8H2. The Bertz CT molecular complexity index is 351. The van der Waals surface area contributed by atoms with Crippen molar-refractivity contribution in [3.8, 4) is 0 Å². The Morgan fingerprint density at radius 1 is 1.25 bits per heavy atom. The van der Waals surface area contributed by atoms with E-state index in [1.165, 1.54) is 24.2 Å². The first kappa shape index (κ1) is 12.6. The minimum atomic E-state index is 0.627. The van der Waals surface area contributed by atoms with Gasteiger partial charge in [-0.15, -0.1) is 11.8 Å². The van der Waals surface area contributed by atoms with Gasteiger partial charge in [-0.3, -0.25) is 0 Å². The van der Waals surface area contributed by atoms with E-state index >= 15 is 0 Å². The Morgan fingerprint density at radius 3 is 2.81 bits per heavy atom. The molecule has 0 bridgehead atoms. The second-order valence-corrected chi connectivity index (χ2v) is 5.94. The van der Waals surface area contributed by atoms with Crippen molar-refractivity contribution in [2.45, 2.75) is 30.2 Å². The van der Waals surface area contributed by atoms with Crippen LogP contribution in [0.3, 0.4) is 0 Å². The van der Waals surface area contributed by atoms with Gasteiger partial charge in [-0.25, -0.2) is 0 Å². The second-order valence-electron chi connectivity index (χ2n) is 4.03. The summed E-state index contributed by atoms with van der Waals surface area (Å²) in [6.07, 6.45) is 3.95. The maximum atomic E-state index is 5.97. The number of rotatable bonds is 3. The SMILES string of the molecule is Clc1ccc(SCC2CCCCN2)cc1Cl. The highest BCUT2D eigenvalue weighted by Gasteiger charge is 2.12. The predicted molar refractivity (Wildman–Crippen MR) is 72.8 cm³/mol. The van der Waals surface area contributed by atoms with E-state index in [2.05, 4.69) is 5.32 Å². The smallest absolute Gasteiger partial charge is 0.0603 e. The van der Waals surface area contributed by atoms with Crippen LogP contribution in [0, 0.1) is 0 Å². The number of nitrogens with one attached hydrogen (secondary N) is 1. The van der Waals surface area contributed by atoms with Crippen LogP contribution in [-0.4, -0.2) is 18.3 Å². The van der Waals surface area contributed by atoms with Gasteiger partial charge < -0.3 is 5.32 Å². The molecule has 0 aromatic heterocycles. The van der Waals surface area contributed by atoms with Crippen LogP contribution in [0.1, 0.15) is 19.3 Å². The van der Waals surface area contributed by atoms with Gasteiger partial charge in [0.25, 0.3) is 0 Å². The lowest BCUT2D eigenvalue weighted by Gasteiger charge is -2.22. The molecule has 4 heteroatoms. The molecule has 0 amide bonds. The van der Waals surface area contributed by atoms with Gasteiger partial charge in [-0.1, -0.05) is 29.6 Å². The minimum absolute atomic E-state index is 0.627. The Labute approximate surface area is 111 Å². The fourth-order valence-corrected chi connectivity index (χ4v) is 3.24. The lowest BCUT2D eigenvalue weighted by Crippen LogP contribution is -2.35. The van der Waals surface area contributed by atoms with Gasteiger partial charge in [-0.2, -0.15) is 0 Å². The molecule has 1 unspecified atom stereocenters. The normalized spacial score (nSPS) is 21.0. The highest BCUT2D eigenvalue weighted by molar-refractivity contribution is 7.99. The van der Waals surface area contributed by atoms with Crippen LogP contribution in [-0.2, 0) is 0 Å². The molecular formula is C12H15Cl2NS. The fourth-order valence-electron chi connectivity index (χ4n) is 1.83. The van der Waals surface area contributed by atoms with E-state index in [1.807, 2.05) is 30.0 Å². The fraction of sp³-hybridized carbons (Fsp3) is 0.500. The molecule has 1 heterocycles. The second kappa shape index (κ2) is 6.15. The predicted octanol–water partition coefficient (Wildman–Crippen LogP) is 4.23. The van der Waals surface area contributed by atoms with Crippen molar-refractivity contribution in [2.24, 2.45) is 0 Å². The molecule has 1 atom stereocenters. The van der Waals surface area contributed by atoms with Crippen LogP contribution in [0.15, 0.2) is 23.1 Å². The van der Waals surface area contributed by atoms with Gasteiger partial charge in [0.1, 0.15) is 0 Å². The molecule has 2 rings (SSSR count). The topological polar surface area (TPSA) is 12.0 Å².